The molecule has 2 amide bonds. The van der Waals surface area contributed by atoms with E-state index in [4.69, 9.17) is 11.6 Å². The first-order chi connectivity index (χ1) is 18.4. The Hall–Kier alpha value is -3.00. The zero-order chi connectivity index (χ0) is 26.6. The van der Waals surface area contributed by atoms with Crippen molar-refractivity contribution in [2.45, 2.75) is 42.5 Å². The third kappa shape index (κ3) is 5.85. The van der Waals surface area contributed by atoms with Gasteiger partial charge in [0.15, 0.2) is 0 Å². The first kappa shape index (κ1) is 26.6. The average molecular weight is 550 g/mol. The number of hydrogen-bond donors (Lipinski definition) is 1. The summed E-state index contributed by atoms with van der Waals surface area (Å²) in [6.07, 6.45) is 3.40. The Bertz CT molecular complexity index is 1380. The van der Waals surface area contributed by atoms with Gasteiger partial charge in [0.2, 0.25) is 0 Å². The summed E-state index contributed by atoms with van der Waals surface area (Å²) in [6.45, 7) is 6.31. The van der Waals surface area contributed by atoms with Crippen LogP contribution in [0.3, 0.4) is 0 Å². The van der Waals surface area contributed by atoms with E-state index in [0.29, 0.717) is 38.2 Å². The number of fused-ring (bicyclic) bond motifs is 2. The van der Waals surface area contributed by atoms with Crippen LogP contribution >= 0.6 is 11.6 Å². The highest BCUT2D eigenvalue weighted by atomic mass is 35.5. The molecule has 0 radical (unpaired) electrons. The molecule has 0 aromatic heterocycles. The molecule has 2 heterocycles. The van der Waals surface area contributed by atoms with Crippen LogP contribution in [0.1, 0.15) is 52.5 Å². The molecule has 0 saturated carbocycles. The summed E-state index contributed by atoms with van der Waals surface area (Å²) in [7, 11) is -1.57. The maximum absolute atomic E-state index is 13.8. The minimum absolute atomic E-state index is 0.206. The first-order valence-electron chi connectivity index (χ1n) is 13.1. The quantitative estimate of drug-likeness (QED) is 0.394. The Morgan fingerprint density at radius 2 is 1.92 bits per heavy atom. The zero-order valence-corrected chi connectivity index (χ0v) is 23.1. The zero-order valence-electron chi connectivity index (χ0n) is 21.5. The Kier molecular flexibility index (Phi) is 8.27. The van der Waals surface area contributed by atoms with Crippen molar-refractivity contribution in [1.29, 1.82) is 0 Å². The highest BCUT2D eigenvalue weighted by Gasteiger charge is 2.31. The lowest BCUT2D eigenvalue weighted by Crippen LogP contribution is -2.36. The topological polar surface area (TPSA) is 69.7 Å². The fourth-order valence-electron chi connectivity index (χ4n) is 5.28. The molecule has 38 heavy (non-hydrogen) atoms. The molecule has 1 fully saturated rings. The van der Waals surface area contributed by atoms with Gasteiger partial charge in [-0.2, -0.15) is 0 Å². The normalized spacial score (nSPS) is 19.4. The van der Waals surface area contributed by atoms with Gasteiger partial charge in [-0.25, -0.2) is 4.21 Å². The van der Waals surface area contributed by atoms with E-state index in [0.717, 1.165) is 37.5 Å². The van der Waals surface area contributed by atoms with Crippen LogP contribution in [0.2, 0.25) is 5.02 Å². The van der Waals surface area contributed by atoms with Gasteiger partial charge >= 0.3 is 0 Å². The first-order valence-corrected chi connectivity index (χ1v) is 14.6. The lowest BCUT2D eigenvalue weighted by Gasteiger charge is -2.30. The van der Waals surface area contributed by atoms with Crippen molar-refractivity contribution in [3.05, 3.63) is 88.4 Å². The summed E-state index contributed by atoms with van der Waals surface area (Å²) >= 11 is 6.21. The van der Waals surface area contributed by atoms with Crippen molar-refractivity contribution < 1.29 is 13.8 Å². The molecule has 2 atom stereocenters. The summed E-state index contributed by atoms with van der Waals surface area (Å²) in [5.41, 5.74) is 2.13. The number of likely N-dealkylation sites (tertiary alicyclic amines) is 1. The number of nitrogens with one attached hydrogen (secondary N) is 1. The molecule has 1 saturated heterocycles. The fourth-order valence-corrected chi connectivity index (χ4v) is 6.83. The van der Waals surface area contributed by atoms with Gasteiger partial charge in [0.05, 0.1) is 38.4 Å². The van der Waals surface area contributed by atoms with Gasteiger partial charge in [0.25, 0.3) is 11.8 Å². The average Bonchev–Trinajstić information content (AvgIpc) is 3.00. The molecule has 0 spiro atoms. The third-order valence-corrected chi connectivity index (χ3v) is 8.92. The highest BCUT2D eigenvalue weighted by Crippen LogP contribution is 2.36. The molecule has 3 aromatic carbocycles. The summed E-state index contributed by atoms with van der Waals surface area (Å²) in [4.78, 5) is 31.9. The number of rotatable bonds is 7. The lowest BCUT2D eigenvalue weighted by molar-refractivity contribution is 0.0946. The van der Waals surface area contributed by atoms with E-state index in [-0.39, 0.29) is 18.4 Å². The van der Waals surface area contributed by atoms with Crippen molar-refractivity contribution in [3.8, 4) is 0 Å². The van der Waals surface area contributed by atoms with Gasteiger partial charge in [0.1, 0.15) is 0 Å². The molecule has 5 rings (SSSR count). The summed E-state index contributed by atoms with van der Waals surface area (Å²) in [5.74, 6) is 0.260. The third-order valence-electron chi connectivity index (χ3n) is 7.18. The van der Waals surface area contributed by atoms with Crippen molar-refractivity contribution in [1.82, 2.24) is 10.2 Å². The predicted molar refractivity (Wildman–Crippen MR) is 151 cm³/mol. The predicted octanol–water partition coefficient (Wildman–Crippen LogP) is 5.52. The standard InChI is InChI=1S/C30H32ClN3O3S/c1-21-7-5-15-33(19-21)16-6-14-32-29(35)23-12-13-28-26(18-23)34(20-22-8-4-9-24(31)17-22)30(36)25-10-2-3-11-27(25)38(28)37/h2-4,8-13,17-18,21H,5-7,14-16,19-20H2,1H3,(H,32,35)/t21-,38-/m0/s1. The van der Waals surface area contributed by atoms with Crippen LogP contribution < -0.4 is 10.2 Å². The maximum Gasteiger partial charge on any atom is 0.259 e. The number of benzene rings is 3. The molecule has 8 heteroatoms. The van der Waals surface area contributed by atoms with Crippen molar-refractivity contribution in [2.75, 3.05) is 31.1 Å². The minimum Gasteiger partial charge on any atom is -0.352 e. The number of carbonyl (C=O) groups excluding carboxylic acids is 2. The van der Waals surface area contributed by atoms with Gasteiger partial charge < -0.3 is 15.1 Å². The molecule has 6 nitrogen and oxygen atoms in total. The number of halogens is 1. The number of piperidine rings is 1. The number of anilines is 1. The summed E-state index contributed by atoms with van der Waals surface area (Å²) in [5, 5.41) is 3.59. The van der Waals surface area contributed by atoms with Crippen LogP contribution in [0.4, 0.5) is 5.69 Å². The van der Waals surface area contributed by atoms with Gasteiger partial charge in [-0.05, 0) is 86.3 Å². The number of nitrogens with zero attached hydrogens (tertiary/aromatic N) is 2. The molecule has 3 aromatic rings. The maximum atomic E-state index is 13.8. The molecule has 2 aliphatic heterocycles. The summed E-state index contributed by atoms with van der Waals surface area (Å²) < 4.78 is 13.6. The highest BCUT2D eigenvalue weighted by molar-refractivity contribution is 7.85. The molecule has 2 aliphatic rings. The van der Waals surface area contributed by atoms with Crippen LogP contribution in [-0.4, -0.2) is 47.1 Å². The van der Waals surface area contributed by atoms with E-state index in [9.17, 15) is 13.8 Å². The summed E-state index contributed by atoms with van der Waals surface area (Å²) in [6, 6.07) is 19.4. The van der Waals surface area contributed by atoms with E-state index < -0.39 is 10.8 Å². The van der Waals surface area contributed by atoms with Crippen LogP contribution in [0.5, 0.6) is 0 Å². The Balaban J connectivity index is 1.38. The van der Waals surface area contributed by atoms with E-state index in [1.807, 2.05) is 18.2 Å². The smallest absolute Gasteiger partial charge is 0.259 e. The second-order valence-electron chi connectivity index (χ2n) is 10.1. The minimum atomic E-state index is -1.57. The molecule has 0 bridgehead atoms. The molecule has 0 aliphatic carbocycles. The molecular weight excluding hydrogens is 518 g/mol. The molecule has 198 valence electrons. The second-order valence-corrected chi connectivity index (χ2v) is 12.0. The van der Waals surface area contributed by atoms with Gasteiger partial charge in [-0.15, -0.1) is 0 Å². The van der Waals surface area contributed by atoms with Crippen LogP contribution in [0.15, 0.2) is 76.5 Å². The SMILES string of the molecule is C[C@H]1CCCN(CCCNC(=O)c2ccc3c(c2)N(Cc2cccc(Cl)c2)C(=O)c2ccccc2[S@@]3=O)C1. The lowest BCUT2D eigenvalue weighted by atomic mass is 10.0. The van der Waals surface area contributed by atoms with E-state index in [2.05, 4.69) is 17.1 Å². The number of amides is 2. The van der Waals surface area contributed by atoms with Crippen molar-refractivity contribution in [2.24, 2.45) is 5.92 Å². The van der Waals surface area contributed by atoms with Crippen LogP contribution in [0, 0.1) is 5.92 Å². The van der Waals surface area contributed by atoms with Gasteiger partial charge in [-0.1, -0.05) is 42.8 Å². The molecular formula is C30H32ClN3O3S. The second kappa shape index (κ2) is 11.8. The fraction of sp³-hybridized carbons (Fsp3) is 0.333. The van der Waals surface area contributed by atoms with E-state index >= 15 is 0 Å². The van der Waals surface area contributed by atoms with E-state index in [1.54, 1.807) is 53.4 Å². The number of hydrogen-bond acceptors (Lipinski definition) is 4. The Labute approximate surface area is 231 Å². The Morgan fingerprint density at radius 3 is 2.74 bits per heavy atom. The van der Waals surface area contributed by atoms with Crippen LogP contribution in [-0.2, 0) is 17.3 Å². The monoisotopic (exact) mass is 549 g/mol. The largest absolute Gasteiger partial charge is 0.352 e. The van der Waals surface area contributed by atoms with Crippen LogP contribution in [0.25, 0.3) is 0 Å². The van der Waals surface area contributed by atoms with Crippen molar-refractivity contribution >= 4 is 39.9 Å². The molecule has 1 N–H and O–H groups in total. The van der Waals surface area contributed by atoms with Gasteiger partial charge in [-0.3, -0.25) is 9.59 Å². The molecule has 0 unspecified atom stereocenters. The Morgan fingerprint density at radius 1 is 1.08 bits per heavy atom. The van der Waals surface area contributed by atoms with E-state index in [1.165, 1.54) is 12.8 Å². The van der Waals surface area contributed by atoms with Crippen molar-refractivity contribution in [3.63, 3.8) is 0 Å². The number of carbonyl (C=O) groups is 2. The van der Waals surface area contributed by atoms with Gasteiger partial charge in [0, 0.05) is 23.7 Å².